The topological polar surface area (TPSA) is 167 Å². The fourth-order valence-corrected chi connectivity index (χ4v) is 6.65. The predicted molar refractivity (Wildman–Crippen MR) is 195 cm³/mol. The fraction of sp³-hybridized carbons (Fsp3) is 0.171. The molecule has 8 rings (SSSR count). The Labute approximate surface area is 301 Å². The predicted octanol–water partition coefficient (Wildman–Crippen LogP) is 4.98. The Hall–Kier alpha value is -6.13. The fourth-order valence-electron chi connectivity index (χ4n) is 6.04. The lowest BCUT2D eigenvalue weighted by molar-refractivity contribution is -0.139. The minimum Gasteiger partial charge on any atom is -0.479 e. The largest absolute Gasteiger partial charge is 0.479 e. The maximum atomic E-state index is 13.7. The van der Waals surface area contributed by atoms with Crippen molar-refractivity contribution in [3.63, 3.8) is 0 Å². The molecule has 2 aromatic carbocycles. The van der Waals surface area contributed by atoms with Gasteiger partial charge in [0, 0.05) is 32.4 Å². The Bertz CT molecular complexity index is 2410. The van der Waals surface area contributed by atoms with Crippen LogP contribution in [0.3, 0.4) is 0 Å². The highest BCUT2D eigenvalue weighted by atomic mass is 32.1. The third-order valence-electron chi connectivity index (χ3n) is 8.61. The van der Waals surface area contributed by atoms with E-state index < -0.39 is 18.1 Å². The van der Waals surface area contributed by atoms with Gasteiger partial charge in [-0.1, -0.05) is 91.2 Å². The van der Waals surface area contributed by atoms with Crippen LogP contribution in [0.15, 0.2) is 110 Å². The number of H-pyrrole nitrogens is 2. The molecule has 6 heterocycles. The summed E-state index contributed by atoms with van der Waals surface area (Å²) in [5, 5.41) is 24.3. The number of benzene rings is 2. The monoisotopic (exact) mass is 717 g/mol. The van der Waals surface area contributed by atoms with E-state index in [1.807, 2.05) is 59.5 Å². The number of rotatable bonds is 7. The molecule has 2 unspecified atom stereocenters. The minimum absolute atomic E-state index is 0.00705. The van der Waals surface area contributed by atoms with Gasteiger partial charge in [-0.2, -0.15) is 10.2 Å². The van der Waals surface area contributed by atoms with Crippen molar-refractivity contribution >= 4 is 64.2 Å². The van der Waals surface area contributed by atoms with Crippen molar-refractivity contribution in [1.82, 2.24) is 49.4 Å². The van der Waals surface area contributed by atoms with Crippen LogP contribution in [-0.4, -0.2) is 92.5 Å². The molecule has 0 saturated carbocycles. The first-order chi connectivity index (χ1) is 24.9. The van der Waals surface area contributed by atoms with Gasteiger partial charge in [-0.15, -0.1) is 0 Å². The molecule has 0 aliphatic carbocycles. The summed E-state index contributed by atoms with van der Waals surface area (Å²) in [6, 6.07) is 23.0. The Morgan fingerprint density at radius 2 is 1.18 bits per heavy atom. The van der Waals surface area contributed by atoms with Gasteiger partial charge in [-0.3, -0.25) is 15.0 Å². The molecule has 16 heteroatoms. The van der Waals surface area contributed by atoms with E-state index in [1.54, 1.807) is 53.8 Å². The lowest BCUT2D eigenvalue weighted by Gasteiger charge is -2.37. The van der Waals surface area contributed by atoms with Crippen molar-refractivity contribution in [3.05, 3.63) is 131 Å². The number of aromatic amines is 2. The van der Waals surface area contributed by atoms with Crippen molar-refractivity contribution in [2.45, 2.75) is 12.1 Å². The first kappa shape index (κ1) is 33.4. The van der Waals surface area contributed by atoms with Crippen LogP contribution in [-0.2, 0) is 9.59 Å². The number of hydrogen-bond acceptors (Lipinski definition) is 10. The molecule has 14 nitrogen and oxygen atoms in total. The third kappa shape index (κ3) is 6.86. The van der Waals surface area contributed by atoms with Gasteiger partial charge in [-0.05, 0) is 23.3 Å². The van der Waals surface area contributed by atoms with E-state index in [-0.39, 0.29) is 5.91 Å². The standard InChI is InChI=1S/C22H21N7OS.C13H10N4O2S/c30-21(28-12-10-27(11-13-28)18-8-4-5-9-23-18)19(16-6-2-1-3-7-16)29-15-24-20-17(22(29)31)14-25-26-20;18-13(19)10(8-4-2-1-3-5-8)17-7-14-11-9(12(17)20)6-15-16-11/h1-9,14-15,19H,10-13H2,(H,25,26);1-7,10H,(H,15,16)(H,18,19). The van der Waals surface area contributed by atoms with Crippen LogP contribution >= 0.6 is 24.4 Å². The molecule has 0 radical (unpaired) electrons. The van der Waals surface area contributed by atoms with E-state index in [0.717, 1.165) is 29.9 Å². The number of carboxylic acids is 1. The van der Waals surface area contributed by atoms with Crippen LogP contribution in [0.1, 0.15) is 23.2 Å². The number of nitrogens with one attached hydrogen (secondary N) is 2. The molecule has 1 fully saturated rings. The summed E-state index contributed by atoms with van der Waals surface area (Å²) in [7, 11) is 0. The maximum Gasteiger partial charge on any atom is 0.331 e. The van der Waals surface area contributed by atoms with Gasteiger partial charge >= 0.3 is 5.97 Å². The number of amides is 1. The molecule has 1 aliphatic rings. The zero-order valence-electron chi connectivity index (χ0n) is 27.0. The Morgan fingerprint density at radius 1 is 0.667 bits per heavy atom. The van der Waals surface area contributed by atoms with Crippen molar-refractivity contribution < 1.29 is 14.7 Å². The Kier molecular flexibility index (Phi) is 9.67. The van der Waals surface area contributed by atoms with Crippen LogP contribution < -0.4 is 4.90 Å². The van der Waals surface area contributed by atoms with Crippen LogP contribution in [0, 0.1) is 9.28 Å². The minimum atomic E-state index is -0.989. The van der Waals surface area contributed by atoms with Crippen molar-refractivity contribution in [2.24, 2.45) is 0 Å². The maximum absolute atomic E-state index is 13.7. The summed E-state index contributed by atoms with van der Waals surface area (Å²) in [6.45, 7) is 2.70. The van der Waals surface area contributed by atoms with E-state index in [4.69, 9.17) is 24.4 Å². The normalized spacial score (nSPS) is 14.1. The number of anilines is 1. The second-order valence-corrected chi connectivity index (χ2v) is 12.4. The second-order valence-electron chi connectivity index (χ2n) is 11.6. The van der Waals surface area contributed by atoms with Crippen molar-refractivity contribution in [2.75, 3.05) is 31.1 Å². The number of aliphatic carboxylic acids is 1. The number of piperazine rings is 1. The zero-order chi connectivity index (χ0) is 35.3. The second kappa shape index (κ2) is 14.8. The molecule has 7 aromatic rings. The molecule has 1 aliphatic heterocycles. The average Bonchev–Trinajstić information content (AvgIpc) is 3.87. The molecule has 0 spiro atoms. The quantitative estimate of drug-likeness (QED) is 0.190. The average molecular weight is 718 g/mol. The smallest absolute Gasteiger partial charge is 0.331 e. The van der Waals surface area contributed by atoms with Crippen molar-refractivity contribution in [3.8, 4) is 0 Å². The molecule has 1 amide bonds. The summed E-state index contributed by atoms with van der Waals surface area (Å²) in [5.41, 5.74) is 2.68. The number of pyridine rings is 1. The number of carbonyl (C=O) groups is 2. The molecular formula is C35H31N11O3S2. The van der Waals surface area contributed by atoms with Gasteiger partial charge in [0.25, 0.3) is 0 Å². The first-order valence-corrected chi connectivity index (χ1v) is 16.8. The molecule has 5 aromatic heterocycles. The Morgan fingerprint density at radius 3 is 1.69 bits per heavy atom. The Balaban J connectivity index is 0.000000175. The van der Waals surface area contributed by atoms with Gasteiger partial charge in [0.1, 0.15) is 21.1 Å². The SMILES string of the molecule is O=C(C(c1ccccc1)n1cnc2[nH]ncc2c1=S)N1CCN(c2ccccn2)CC1.O=C(O)C(c1ccccc1)n1cnc2[nH]ncc2c1=S. The van der Waals surface area contributed by atoms with E-state index in [1.165, 1.54) is 10.9 Å². The molecule has 1 saturated heterocycles. The highest BCUT2D eigenvalue weighted by molar-refractivity contribution is 7.71. The zero-order valence-corrected chi connectivity index (χ0v) is 28.6. The lowest BCUT2D eigenvalue weighted by Crippen LogP contribution is -2.51. The highest BCUT2D eigenvalue weighted by Crippen LogP contribution is 2.25. The van der Waals surface area contributed by atoms with Crippen LogP contribution in [0.4, 0.5) is 5.82 Å². The summed E-state index contributed by atoms with van der Waals surface area (Å²) >= 11 is 11.0. The number of carboxylic acid groups (broad SMARTS) is 1. The van der Waals surface area contributed by atoms with Crippen LogP contribution in [0.25, 0.3) is 22.1 Å². The molecule has 256 valence electrons. The van der Waals surface area contributed by atoms with Crippen LogP contribution in [0.2, 0.25) is 0 Å². The summed E-state index contributed by atoms with van der Waals surface area (Å²) in [4.78, 5) is 42.4. The highest BCUT2D eigenvalue weighted by Gasteiger charge is 2.31. The number of aromatic nitrogens is 9. The molecule has 3 N–H and O–H groups in total. The van der Waals surface area contributed by atoms with Gasteiger partial charge in [0.15, 0.2) is 17.3 Å². The number of carbonyl (C=O) groups excluding carboxylic acids is 1. The van der Waals surface area contributed by atoms with Crippen molar-refractivity contribution in [1.29, 1.82) is 0 Å². The number of hydrogen-bond donors (Lipinski definition) is 3. The molecule has 0 bridgehead atoms. The van der Waals surface area contributed by atoms with E-state index >= 15 is 0 Å². The van der Waals surface area contributed by atoms with E-state index in [9.17, 15) is 14.7 Å². The van der Waals surface area contributed by atoms with Gasteiger partial charge < -0.3 is 24.0 Å². The molecule has 2 atom stereocenters. The third-order valence-corrected chi connectivity index (χ3v) is 9.47. The van der Waals surface area contributed by atoms with Crippen LogP contribution in [0.5, 0.6) is 0 Å². The summed E-state index contributed by atoms with van der Waals surface area (Å²) in [5.74, 6) is -0.0457. The first-order valence-electron chi connectivity index (χ1n) is 16.0. The summed E-state index contributed by atoms with van der Waals surface area (Å²) in [6.07, 6.45) is 8.04. The van der Waals surface area contributed by atoms with Gasteiger partial charge in [-0.25, -0.2) is 19.7 Å². The molecule has 51 heavy (non-hydrogen) atoms. The van der Waals surface area contributed by atoms with Gasteiger partial charge in [0.2, 0.25) is 5.91 Å². The van der Waals surface area contributed by atoms with E-state index in [0.29, 0.717) is 44.6 Å². The molecular weight excluding hydrogens is 687 g/mol. The van der Waals surface area contributed by atoms with Gasteiger partial charge in [0.05, 0.1) is 35.8 Å². The lowest BCUT2D eigenvalue weighted by atomic mass is 10.0. The summed E-state index contributed by atoms with van der Waals surface area (Å²) < 4.78 is 4.16. The van der Waals surface area contributed by atoms with E-state index in [2.05, 4.69) is 40.2 Å². The number of nitrogens with zero attached hydrogens (tertiary/aromatic N) is 9. The number of fused-ring (bicyclic) bond motifs is 2.